The molecule has 0 unspecified atom stereocenters. The first-order valence-corrected chi connectivity index (χ1v) is 4.93. The van der Waals surface area contributed by atoms with Crippen LogP contribution in [-0.2, 0) is 19.1 Å². The van der Waals surface area contributed by atoms with Crippen LogP contribution in [0.2, 0.25) is 0 Å². The summed E-state index contributed by atoms with van der Waals surface area (Å²) < 4.78 is 9.54. The van der Waals surface area contributed by atoms with Crippen molar-refractivity contribution < 1.29 is 19.1 Å². The molecule has 16 heavy (non-hydrogen) atoms. The van der Waals surface area contributed by atoms with Gasteiger partial charge in [-0.3, -0.25) is 4.79 Å². The lowest BCUT2D eigenvalue weighted by atomic mass is 10.3. The highest BCUT2D eigenvalue weighted by Gasteiger charge is 2.03. The molecule has 0 aromatic carbocycles. The van der Waals surface area contributed by atoms with Gasteiger partial charge in [-0.2, -0.15) is 5.26 Å². The van der Waals surface area contributed by atoms with Crippen LogP contribution in [-0.4, -0.2) is 25.2 Å². The third-order valence-corrected chi connectivity index (χ3v) is 1.61. The molecule has 0 aliphatic heterocycles. The van der Waals surface area contributed by atoms with Gasteiger partial charge >= 0.3 is 11.9 Å². The van der Waals surface area contributed by atoms with Crippen molar-refractivity contribution in [3.8, 4) is 6.07 Å². The standard InChI is InChI=1S/C11H15NO4/c1-9(2)11(14)16-8-4-3-7-15-10(13)5-6-12/h1,3-5,7-8H2,2H3. The monoisotopic (exact) mass is 225 g/mol. The number of nitriles is 1. The Morgan fingerprint density at radius 2 is 1.81 bits per heavy atom. The first kappa shape index (κ1) is 14.2. The third-order valence-electron chi connectivity index (χ3n) is 1.61. The average molecular weight is 225 g/mol. The molecule has 0 rings (SSSR count). The molecule has 5 nitrogen and oxygen atoms in total. The van der Waals surface area contributed by atoms with E-state index in [1.54, 1.807) is 13.0 Å². The van der Waals surface area contributed by atoms with Crippen LogP contribution in [0.15, 0.2) is 12.2 Å². The highest BCUT2D eigenvalue weighted by atomic mass is 16.5. The highest BCUT2D eigenvalue weighted by molar-refractivity contribution is 5.86. The summed E-state index contributed by atoms with van der Waals surface area (Å²) in [6, 6.07) is 1.69. The molecule has 0 saturated carbocycles. The molecule has 88 valence electrons. The van der Waals surface area contributed by atoms with Gasteiger partial charge in [-0.25, -0.2) is 4.79 Å². The van der Waals surface area contributed by atoms with Gasteiger partial charge in [0.1, 0.15) is 6.42 Å². The number of nitrogens with zero attached hydrogens (tertiary/aromatic N) is 1. The summed E-state index contributed by atoms with van der Waals surface area (Å²) in [5.41, 5.74) is 0.362. The van der Waals surface area contributed by atoms with Crippen LogP contribution >= 0.6 is 0 Å². The summed E-state index contributed by atoms with van der Waals surface area (Å²) in [5.74, 6) is -0.942. The van der Waals surface area contributed by atoms with Gasteiger partial charge in [0.15, 0.2) is 0 Å². The minimum absolute atomic E-state index is 0.232. The lowest BCUT2D eigenvalue weighted by Crippen LogP contribution is -2.08. The molecule has 0 spiro atoms. The number of carbonyl (C=O) groups excluding carboxylic acids is 2. The number of carbonyl (C=O) groups is 2. The van der Waals surface area contributed by atoms with Crippen molar-refractivity contribution in [1.82, 2.24) is 0 Å². The number of hydrogen-bond donors (Lipinski definition) is 0. The maximum Gasteiger partial charge on any atom is 0.333 e. The van der Waals surface area contributed by atoms with Gasteiger partial charge in [0.2, 0.25) is 0 Å². The number of ether oxygens (including phenoxy) is 2. The molecule has 0 saturated heterocycles. The Balaban J connectivity index is 3.35. The second-order valence-corrected chi connectivity index (χ2v) is 3.18. The van der Waals surface area contributed by atoms with Crippen molar-refractivity contribution in [1.29, 1.82) is 5.26 Å². The Kier molecular flexibility index (Phi) is 7.51. The molecule has 0 N–H and O–H groups in total. The Morgan fingerprint density at radius 1 is 1.25 bits per heavy atom. The summed E-state index contributed by atoms with van der Waals surface area (Å²) >= 11 is 0. The Morgan fingerprint density at radius 3 is 2.31 bits per heavy atom. The maximum atomic E-state index is 10.9. The quantitative estimate of drug-likeness (QED) is 0.371. The number of unbranched alkanes of at least 4 members (excludes halogenated alkanes) is 1. The zero-order valence-corrected chi connectivity index (χ0v) is 9.32. The average Bonchev–Trinajstić information content (AvgIpc) is 2.23. The molecule has 0 atom stereocenters. The third kappa shape index (κ3) is 7.56. The van der Waals surface area contributed by atoms with Crippen LogP contribution in [0.1, 0.15) is 26.2 Å². The van der Waals surface area contributed by atoms with E-state index in [4.69, 9.17) is 14.7 Å². The minimum atomic E-state index is -0.526. The van der Waals surface area contributed by atoms with Gasteiger partial charge < -0.3 is 9.47 Å². The number of rotatable bonds is 7. The molecule has 0 radical (unpaired) electrons. The van der Waals surface area contributed by atoms with E-state index >= 15 is 0 Å². The van der Waals surface area contributed by atoms with Gasteiger partial charge in [0.05, 0.1) is 19.3 Å². The normalized spacial score (nSPS) is 9.00. The molecular weight excluding hydrogens is 210 g/mol. The second kappa shape index (κ2) is 8.48. The van der Waals surface area contributed by atoms with E-state index in [-0.39, 0.29) is 19.6 Å². The SMILES string of the molecule is C=C(C)C(=O)OCCCCOC(=O)CC#N. The van der Waals surface area contributed by atoms with Crippen molar-refractivity contribution in [3.05, 3.63) is 12.2 Å². The zero-order valence-electron chi connectivity index (χ0n) is 9.32. The van der Waals surface area contributed by atoms with E-state index in [1.165, 1.54) is 0 Å². The van der Waals surface area contributed by atoms with Crippen molar-refractivity contribution >= 4 is 11.9 Å². The predicted octanol–water partition coefficient (Wildman–Crippen LogP) is 1.34. The summed E-state index contributed by atoms with van der Waals surface area (Å²) in [6.45, 7) is 5.54. The van der Waals surface area contributed by atoms with E-state index in [0.717, 1.165) is 0 Å². The molecule has 0 fully saturated rings. The van der Waals surface area contributed by atoms with Crippen LogP contribution in [0.5, 0.6) is 0 Å². The fraction of sp³-hybridized carbons (Fsp3) is 0.545. The first-order chi connectivity index (χ1) is 7.57. The van der Waals surface area contributed by atoms with Crippen LogP contribution in [0.25, 0.3) is 0 Å². The summed E-state index contributed by atoms with van der Waals surface area (Å²) in [5, 5.41) is 8.17. The summed E-state index contributed by atoms with van der Waals surface area (Å²) in [6.07, 6.45) is 0.976. The van der Waals surface area contributed by atoms with E-state index in [9.17, 15) is 9.59 Å². The highest BCUT2D eigenvalue weighted by Crippen LogP contribution is 1.97. The molecule has 5 heteroatoms. The molecule has 0 aromatic rings. The van der Waals surface area contributed by atoms with Gasteiger partial charge in [-0.1, -0.05) is 6.58 Å². The van der Waals surface area contributed by atoms with E-state index in [2.05, 4.69) is 6.58 Å². The van der Waals surface area contributed by atoms with Crippen LogP contribution in [0.3, 0.4) is 0 Å². The minimum Gasteiger partial charge on any atom is -0.465 e. The molecule has 0 amide bonds. The molecule has 0 aromatic heterocycles. The fourth-order valence-electron chi connectivity index (χ4n) is 0.794. The molecule has 0 aliphatic rings. The fourth-order valence-corrected chi connectivity index (χ4v) is 0.794. The van der Waals surface area contributed by atoms with E-state index < -0.39 is 11.9 Å². The lowest BCUT2D eigenvalue weighted by Gasteiger charge is -2.04. The van der Waals surface area contributed by atoms with Crippen LogP contribution in [0, 0.1) is 11.3 Å². The Hall–Kier alpha value is -1.83. The Labute approximate surface area is 94.6 Å². The zero-order chi connectivity index (χ0) is 12.4. The Bertz CT molecular complexity index is 304. The lowest BCUT2D eigenvalue weighted by molar-refractivity contribution is -0.143. The summed E-state index contributed by atoms with van der Waals surface area (Å²) in [7, 11) is 0. The van der Waals surface area contributed by atoms with Crippen LogP contribution in [0.4, 0.5) is 0 Å². The molecule has 0 heterocycles. The predicted molar refractivity (Wildman–Crippen MR) is 56.2 cm³/mol. The smallest absolute Gasteiger partial charge is 0.333 e. The molecule has 0 bridgehead atoms. The van der Waals surface area contributed by atoms with Gasteiger partial charge in [0, 0.05) is 5.57 Å². The first-order valence-electron chi connectivity index (χ1n) is 4.93. The number of hydrogen-bond acceptors (Lipinski definition) is 5. The molecule has 0 aliphatic carbocycles. The van der Waals surface area contributed by atoms with E-state index in [0.29, 0.717) is 18.4 Å². The van der Waals surface area contributed by atoms with Crippen molar-refractivity contribution in [2.75, 3.05) is 13.2 Å². The largest absolute Gasteiger partial charge is 0.465 e. The second-order valence-electron chi connectivity index (χ2n) is 3.18. The van der Waals surface area contributed by atoms with Crippen molar-refractivity contribution in [3.63, 3.8) is 0 Å². The number of esters is 2. The summed E-state index contributed by atoms with van der Waals surface area (Å²) in [4.78, 5) is 21.7. The topological polar surface area (TPSA) is 76.4 Å². The molecular formula is C11H15NO4. The van der Waals surface area contributed by atoms with Gasteiger partial charge in [-0.05, 0) is 19.8 Å². The van der Waals surface area contributed by atoms with Crippen LogP contribution < -0.4 is 0 Å². The van der Waals surface area contributed by atoms with Crippen molar-refractivity contribution in [2.24, 2.45) is 0 Å². The van der Waals surface area contributed by atoms with Gasteiger partial charge in [0.25, 0.3) is 0 Å². The maximum absolute atomic E-state index is 10.9. The van der Waals surface area contributed by atoms with E-state index in [1.807, 2.05) is 0 Å². The van der Waals surface area contributed by atoms with Gasteiger partial charge in [-0.15, -0.1) is 0 Å². The van der Waals surface area contributed by atoms with Crippen molar-refractivity contribution in [2.45, 2.75) is 26.2 Å².